The average molecular weight is 416 g/mol. The second kappa shape index (κ2) is 8.83. The lowest BCUT2D eigenvalue weighted by Gasteiger charge is -2.36. The fraction of sp³-hybridized carbons (Fsp3) is 0.435. The number of hydrogen-bond donors (Lipinski definition) is 1. The second-order valence-electron chi connectivity index (χ2n) is 8.87. The predicted molar refractivity (Wildman–Crippen MR) is 116 cm³/mol. The molecule has 0 spiro atoms. The molecule has 0 saturated carbocycles. The molecular formula is C23H31N2O5+. The Bertz CT molecular complexity index is 970. The largest absolute Gasteiger partial charge is 0.516 e. The molecule has 2 rings (SSSR count). The number of rotatable bonds is 6. The molecule has 162 valence electrons. The van der Waals surface area contributed by atoms with Crippen LogP contribution in [0.4, 0.5) is 4.79 Å². The minimum absolute atomic E-state index is 0.0257. The van der Waals surface area contributed by atoms with Gasteiger partial charge >= 0.3 is 12.1 Å². The summed E-state index contributed by atoms with van der Waals surface area (Å²) in [5, 5.41) is 9.05. The summed E-state index contributed by atoms with van der Waals surface area (Å²) in [5.74, 6) is -1.01. The zero-order valence-electron chi connectivity index (χ0n) is 18.5. The van der Waals surface area contributed by atoms with Gasteiger partial charge in [0.15, 0.2) is 0 Å². The van der Waals surface area contributed by atoms with E-state index in [1.807, 2.05) is 41.7 Å². The van der Waals surface area contributed by atoms with Gasteiger partial charge in [0, 0.05) is 11.8 Å². The summed E-state index contributed by atoms with van der Waals surface area (Å²) in [6.45, 7) is 10.1. The smallest absolute Gasteiger partial charge is 0.478 e. The van der Waals surface area contributed by atoms with Gasteiger partial charge in [0.1, 0.15) is 12.1 Å². The molecule has 0 fully saturated rings. The molecule has 1 amide bonds. The molecule has 0 aliphatic carbocycles. The summed E-state index contributed by atoms with van der Waals surface area (Å²) >= 11 is 0. The van der Waals surface area contributed by atoms with Crippen molar-refractivity contribution >= 4 is 12.1 Å². The molecule has 0 aliphatic rings. The van der Waals surface area contributed by atoms with Gasteiger partial charge in [-0.25, -0.2) is 9.28 Å². The highest BCUT2D eigenvalue weighted by Crippen LogP contribution is 2.19. The molecule has 7 nitrogen and oxygen atoms in total. The van der Waals surface area contributed by atoms with Crippen molar-refractivity contribution in [3.63, 3.8) is 0 Å². The number of carbonyl (C=O) groups excluding carboxylic acids is 1. The van der Waals surface area contributed by atoms with Gasteiger partial charge in [-0.1, -0.05) is 12.1 Å². The average Bonchev–Trinajstić information content (AvgIpc) is 2.65. The molecule has 1 aromatic heterocycles. The number of carboxylic acid groups (broad SMARTS) is 1. The maximum atomic E-state index is 13.0. The van der Waals surface area contributed by atoms with E-state index in [0.717, 1.165) is 0 Å². The summed E-state index contributed by atoms with van der Waals surface area (Å²) in [7, 11) is 1.82. The fourth-order valence-electron chi connectivity index (χ4n) is 2.97. The molecule has 0 saturated heterocycles. The standard InChI is InChI=1S/C23H30N2O5/c1-16(2)25(6,22(29)30-23(3,4)5)15-14-24-13-7-8-19(20(24)26)17-9-11-18(12-10-17)21(27)28/h7-13,16H,14-15H2,1-6H3/p+1. The van der Waals surface area contributed by atoms with Gasteiger partial charge < -0.3 is 14.4 Å². The third kappa shape index (κ3) is 5.36. The third-order valence-corrected chi connectivity index (χ3v) is 5.22. The minimum atomic E-state index is -1.01. The van der Waals surface area contributed by atoms with Crippen molar-refractivity contribution < 1.29 is 23.9 Å². The summed E-state index contributed by atoms with van der Waals surface area (Å²) in [4.78, 5) is 36.9. The van der Waals surface area contributed by atoms with Crippen LogP contribution in [0.5, 0.6) is 0 Å². The first-order valence-corrected chi connectivity index (χ1v) is 9.97. The molecule has 0 aliphatic heterocycles. The lowest BCUT2D eigenvalue weighted by molar-refractivity contribution is -0.861. The number of carbonyl (C=O) groups is 2. The molecular weight excluding hydrogens is 384 g/mol. The van der Waals surface area contributed by atoms with Crippen LogP contribution in [-0.4, -0.2) is 51.5 Å². The van der Waals surface area contributed by atoms with Crippen LogP contribution in [0, 0.1) is 0 Å². The van der Waals surface area contributed by atoms with Crippen LogP contribution >= 0.6 is 0 Å². The minimum Gasteiger partial charge on any atom is -0.478 e. The molecule has 0 bridgehead atoms. The molecule has 0 radical (unpaired) electrons. The number of aromatic nitrogens is 1. The van der Waals surface area contributed by atoms with Crippen molar-refractivity contribution in [3.05, 3.63) is 58.5 Å². The number of likely N-dealkylation sites (N-methyl/N-ethyl adjacent to an activating group) is 1. The Hall–Kier alpha value is -2.93. The van der Waals surface area contributed by atoms with Crippen molar-refractivity contribution in [2.24, 2.45) is 0 Å². The molecule has 7 heteroatoms. The molecule has 2 aromatic rings. The van der Waals surface area contributed by atoms with E-state index in [9.17, 15) is 14.4 Å². The molecule has 1 aromatic carbocycles. The van der Waals surface area contributed by atoms with Crippen molar-refractivity contribution in [2.45, 2.75) is 52.8 Å². The van der Waals surface area contributed by atoms with Crippen LogP contribution in [0.2, 0.25) is 0 Å². The molecule has 1 N–H and O–H groups in total. The van der Waals surface area contributed by atoms with E-state index in [1.165, 1.54) is 12.1 Å². The number of quaternary nitrogens is 1. The molecule has 1 atom stereocenters. The van der Waals surface area contributed by atoms with E-state index in [0.29, 0.717) is 24.2 Å². The number of amides is 1. The van der Waals surface area contributed by atoms with Crippen LogP contribution in [-0.2, 0) is 11.3 Å². The van der Waals surface area contributed by atoms with Crippen LogP contribution in [0.1, 0.15) is 45.0 Å². The first-order chi connectivity index (χ1) is 13.8. The second-order valence-corrected chi connectivity index (χ2v) is 8.87. The summed E-state index contributed by atoms with van der Waals surface area (Å²) in [5.41, 5.74) is 0.500. The van der Waals surface area contributed by atoms with Crippen molar-refractivity contribution in [2.75, 3.05) is 13.6 Å². The highest BCUT2D eigenvalue weighted by molar-refractivity contribution is 5.88. The molecule has 1 heterocycles. The predicted octanol–water partition coefficient (Wildman–Crippen LogP) is 4.00. The van der Waals surface area contributed by atoms with Crippen LogP contribution < -0.4 is 5.56 Å². The van der Waals surface area contributed by atoms with Crippen molar-refractivity contribution in [1.82, 2.24) is 4.57 Å². The Kier molecular flexibility index (Phi) is 6.87. The Morgan fingerprint density at radius 1 is 1.13 bits per heavy atom. The van der Waals surface area contributed by atoms with Gasteiger partial charge in [0.05, 0.1) is 25.2 Å². The van der Waals surface area contributed by atoms with Gasteiger partial charge in [-0.15, -0.1) is 0 Å². The first-order valence-electron chi connectivity index (χ1n) is 9.97. The number of ether oxygens (including phenoxy) is 1. The first kappa shape index (κ1) is 23.3. The van der Waals surface area contributed by atoms with Gasteiger partial charge in [0.25, 0.3) is 5.56 Å². The van der Waals surface area contributed by atoms with E-state index in [1.54, 1.807) is 35.0 Å². The molecule has 1 unspecified atom stereocenters. The fourth-order valence-corrected chi connectivity index (χ4v) is 2.97. The number of pyridine rings is 1. The van der Waals surface area contributed by atoms with Gasteiger partial charge in [-0.3, -0.25) is 4.79 Å². The Labute approximate surface area is 177 Å². The van der Waals surface area contributed by atoms with E-state index in [4.69, 9.17) is 9.84 Å². The summed E-state index contributed by atoms with van der Waals surface area (Å²) < 4.78 is 7.22. The SMILES string of the molecule is CC(C)[N+](C)(CCn1cccc(-c2ccc(C(=O)O)cc2)c1=O)C(=O)OC(C)(C)C. The van der Waals surface area contributed by atoms with Gasteiger partial charge in [0.2, 0.25) is 0 Å². The van der Waals surface area contributed by atoms with Crippen LogP contribution in [0.3, 0.4) is 0 Å². The Balaban J connectivity index is 2.28. The number of hydrogen-bond acceptors (Lipinski definition) is 4. The van der Waals surface area contributed by atoms with Crippen molar-refractivity contribution in [3.8, 4) is 11.1 Å². The zero-order valence-corrected chi connectivity index (χ0v) is 18.5. The number of aromatic carboxylic acids is 1. The number of nitrogens with zero attached hydrogens (tertiary/aromatic N) is 2. The van der Waals surface area contributed by atoms with Gasteiger partial charge in [-0.05, 0) is 64.4 Å². The lowest BCUT2D eigenvalue weighted by Crippen LogP contribution is -2.57. The van der Waals surface area contributed by atoms with Crippen LogP contribution in [0.25, 0.3) is 11.1 Å². The Morgan fingerprint density at radius 2 is 1.73 bits per heavy atom. The molecule has 30 heavy (non-hydrogen) atoms. The third-order valence-electron chi connectivity index (χ3n) is 5.22. The summed E-state index contributed by atoms with van der Waals surface area (Å²) in [6.07, 6.45) is 1.36. The maximum Gasteiger partial charge on any atom is 0.516 e. The normalized spacial score (nSPS) is 13.7. The van der Waals surface area contributed by atoms with E-state index < -0.39 is 11.6 Å². The maximum absolute atomic E-state index is 13.0. The van der Waals surface area contributed by atoms with Crippen molar-refractivity contribution in [1.29, 1.82) is 0 Å². The monoisotopic (exact) mass is 415 g/mol. The van der Waals surface area contributed by atoms with E-state index in [-0.39, 0.29) is 27.7 Å². The number of benzene rings is 1. The van der Waals surface area contributed by atoms with Gasteiger partial charge in [-0.2, -0.15) is 4.79 Å². The highest BCUT2D eigenvalue weighted by Gasteiger charge is 2.39. The summed E-state index contributed by atoms with van der Waals surface area (Å²) in [6, 6.07) is 9.66. The van der Waals surface area contributed by atoms with E-state index >= 15 is 0 Å². The topological polar surface area (TPSA) is 85.6 Å². The zero-order chi connectivity index (χ0) is 22.7. The van der Waals surface area contributed by atoms with Crippen LogP contribution in [0.15, 0.2) is 47.4 Å². The number of carboxylic acids is 1. The lowest BCUT2D eigenvalue weighted by atomic mass is 10.1. The quantitative estimate of drug-likeness (QED) is 0.721. The van der Waals surface area contributed by atoms with E-state index in [2.05, 4.69) is 0 Å². The Morgan fingerprint density at radius 3 is 2.23 bits per heavy atom. The highest BCUT2D eigenvalue weighted by atomic mass is 16.6.